The van der Waals surface area contributed by atoms with Gasteiger partial charge in [-0.25, -0.2) is 0 Å². The Morgan fingerprint density at radius 3 is 2.46 bits per heavy atom. The van der Waals surface area contributed by atoms with E-state index in [1.165, 1.54) is 5.56 Å². The molecule has 0 atom stereocenters. The van der Waals surface area contributed by atoms with Crippen LogP contribution in [0.2, 0.25) is 0 Å². The first-order valence-electron chi connectivity index (χ1n) is 7.83. The fraction of sp³-hybridized carbons (Fsp3) is 0.316. The average Bonchev–Trinajstić information content (AvgIpc) is 2.59. The van der Waals surface area contributed by atoms with Crippen LogP contribution in [0.15, 0.2) is 53.4 Å². The molecule has 0 fully saturated rings. The van der Waals surface area contributed by atoms with Crippen molar-refractivity contribution >= 4 is 30.1 Å². The van der Waals surface area contributed by atoms with Crippen LogP contribution in [-0.2, 0) is 6.42 Å². The van der Waals surface area contributed by atoms with Crippen molar-refractivity contribution in [2.45, 2.75) is 18.2 Å². The summed E-state index contributed by atoms with van der Waals surface area (Å²) < 4.78 is 0. The van der Waals surface area contributed by atoms with Crippen LogP contribution in [0.4, 0.5) is 0 Å². The van der Waals surface area contributed by atoms with Gasteiger partial charge in [0.15, 0.2) is 0 Å². The number of nitrogens with two attached hydrogens (primary N) is 1. The van der Waals surface area contributed by atoms with Gasteiger partial charge in [0.25, 0.3) is 5.91 Å². The number of halogens is 1. The first-order valence-corrected chi connectivity index (χ1v) is 9.06. The quantitative estimate of drug-likeness (QED) is 0.760. The molecule has 0 aliphatic heterocycles. The smallest absolute Gasteiger partial charge is 0.254 e. The molecule has 1 amide bonds. The number of carbonyl (C=O) groups is 1. The molecule has 0 bridgehead atoms. The Hall–Kier alpha value is -1.49. The molecule has 2 aromatic carbocycles. The van der Waals surface area contributed by atoms with Crippen molar-refractivity contribution < 1.29 is 4.79 Å². The van der Waals surface area contributed by atoms with E-state index in [2.05, 4.69) is 12.1 Å². The molecule has 0 spiro atoms. The Kier molecular flexibility index (Phi) is 8.90. The maximum atomic E-state index is 12.9. The third-order valence-corrected chi connectivity index (χ3v) is 4.60. The summed E-state index contributed by atoms with van der Waals surface area (Å²) in [6.45, 7) is 3.72. The summed E-state index contributed by atoms with van der Waals surface area (Å²) in [6.07, 6.45) is 2.86. The van der Waals surface area contributed by atoms with Crippen LogP contribution in [0.5, 0.6) is 0 Å². The van der Waals surface area contributed by atoms with Crippen LogP contribution >= 0.6 is 24.2 Å². The van der Waals surface area contributed by atoms with E-state index in [-0.39, 0.29) is 18.3 Å². The molecular formula is C19H25ClN2OS. The highest BCUT2D eigenvalue weighted by molar-refractivity contribution is 7.98. The molecular weight excluding hydrogens is 340 g/mol. The van der Waals surface area contributed by atoms with Crippen molar-refractivity contribution in [1.29, 1.82) is 0 Å². The lowest BCUT2D eigenvalue weighted by atomic mass is 10.1. The lowest BCUT2D eigenvalue weighted by molar-refractivity contribution is 0.0761. The first-order chi connectivity index (χ1) is 11.2. The molecule has 0 saturated heterocycles. The van der Waals surface area contributed by atoms with Crippen LogP contribution in [0.1, 0.15) is 21.5 Å². The van der Waals surface area contributed by atoms with Crippen molar-refractivity contribution in [1.82, 2.24) is 4.90 Å². The number of thioether (sulfide) groups is 1. The fourth-order valence-corrected chi connectivity index (χ4v) is 2.95. The molecule has 0 aliphatic carbocycles. The average molecular weight is 365 g/mol. The molecule has 0 aliphatic rings. The first kappa shape index (κ1) is 20.6. The molecule has 0 saturated carbocycles. The number of aryl methyl sites for hydroxylation is 1. The van der Waals surface area contributed by atoms with E-state index in [4.69, 9.17) is 5.73 Å². The van der Waals surface area contributed by atoms with Crippen LogP contribution < -0.4 is 5.73 Å². The van der Waals surface area contributed by atoms with Gasteiger partial charge in [0.2, 0.25) is 0 Å². The van der Waals surface area contributed by atoms with Crippen molar-refractivity contribution in [3.63, 3.8) is 0 Å². The number of rotatable bonds is 7. The molecule has 0 unspecified atom stereocenters. The summed E-state index contributed by atoms with van der Waals surface area (Å²) in [4.78, 5) is 15.9. The predicted molar refractivity (Wildman–Crippen MR) is 105 cm³/mol. The van der Waals surface area contributed by atoms with E-state index in [1.54, 1.807) is 11.8 Å². The highest BCUT2D eigenvalue weighted by atomic mass is 35.5. The second-order valence-electron chi connectivity index (χ2n) is 5.50. The molecule has 0 radical (unpaired) electrons. The number of amides is 1. The van der Waals surface area contributed by atoms with Crippen molar-refractivity contribution in [2.24, 2.45) is 5.73 Å². The fourth-order valence-electron chi connectivity index (χ4n) is 2.51. The lowest BCUT2D eigenvalue weighted by Gasteiger charge is -2.23. The maximum absolute atomic E-state index is 12.9. The van der Waals surface area contributed by atoms with E-state index < -0.39 is 0 Å². The van der Waals surface area contributed by atoms with E-state index in [0.29, 0.717) is 19.6 Å². The van der Waals surface area contributed by atoms with Gasteiger partial charge < -0.3 is 10.6 Å². The highest BCUT2D eigenvalue weighted by Crippen LogP contribution is 2.20. The standard InChI is InChI=1S/C19H24N2OS.ClH/c1-15-8-9-17(23-2)14-18(15)19(22)21(13-11-20)12-10-16-6-4-3-5-7-16;/h3-9,14H,10-13,20H2,1-2H3;1H. The van der Waals surface area contributed by atoms with Crippen molar-refractivity contribution in [3.05, 3.63) is 65.2 Å². The van der Waals surface area contributed by atoms with Crippen LogP contribution in [-0.4, -0.2) is 36.7 Å². The highest BCUT2D eigenvalue weighted by Gasteiger charge is 2.17. The van der Waals surface area contributed by atoms with Gasteiger partial charge in [-0.05, 0) is 42.9 Å². The minimum Gasteiger partial charge on any atom is -0.337 e. The summed E-state index contributed by atoms with van der Waals surface area (Å²) in [6, 6.07) is 16.3. The Bertz CT molecular complexity index is 649. The Labute approximate surface area is 155 Å². The van der Waals surface area contributed by atoms with E-state index >= 15 is 0 Å². The third kappa shape index (κ3) is 5.55. The number of nitrogens with zero attached hydrogens (tertiary/aromatic N) is 1. The molecule has 2 N–H and O–H groups in total. The molecule has 24 heavy (non-hydrogen) atoms. The Morgan fingerprint density at radius 1 is 1.12 bits per heavy atom. The van der Waals surface area contributed by atoms with Crippen molar-refractivity contribution in [3.8, 4) is 0 Å². The Morgan fingerprint density at radius 2 is 1.83 bits per heavy atom. The maximum Gasteiger partial charge on any atom is 0.254 e. The predicted octanol–water partition coefficient (Wildman–Crippen LogP) is 3.78. The van der Waals surface area contributed by atoms with Crippen LogP contribution in [0, 0.1) is 6.92 Å². The van der Waals surface area contributed by atoms with Gasteiger partial charge in [-0.2, -0.15) is 0 Å². The van der Waals surface area contributed by atoms with Gasteiger partial charge in [0.1, 0.15) is 0 Å². The zero-order chi connectivity index (χ0) is 16.7. The zero-order valence-electron chi connectivity index (χ0n) is 14.2. The van der Waals surface area contributed by atoms with Crippen LogP contribution in [0.25, 0.3) is 0 Å². The van der Waals surface area contributed by atoms with Gasteiger partial charge in [-0.3, -0.25) is 4.79 Å². The summed E-state index contributed by atoms with van der Waals surface area (Å²) in [5.74, 6) is 0.0692. The minimum atomic E-state index is 0. The Balaban J connectivity index is 0.00000288. The SMILES string of the molecule is CSc1ccc(C)c(C(=O)N(CCN)CCc2ccccc2)c1.Cl. The lowest BCUT2D eigenvalue weighted by Crippen LogP contribution is -2.37. The minimum absolute atomic E-state index is 0. The second-order valence-corrected chi connectivity index (χ2v) is 6.38. The van der Waals surface area contributed by atoms with Crippen LogP contribution in [0.3, 0.4) is 0 Å². The molecule has 0 heterocycles. The molecule has 3 nitrogen and oxygen atoms in total. The second kappa shape index (κ2) is 10.4. The number of benzene rings is 2. The zero-order valence-corrected chi connectivity index (χ0v) is 15.8. The topological polar surface area (TPSA) is 46.3 Å². The summed E-state index contributed by atoms with van der Waals surface area (Å²) in [5, 5.41) is 0. The van der Waals surface area contributed by atoms with E-state index in [9.17, 15) is 4.79 Å². The molecule has 2 rings (SSSR count). The molecule has 5 heteroatoms. The van der Waals surface area contributed by atoms with Gasteiger partial charge >= 0.3 is 0 Å². The number of carbonyl (C=O) groups excluding carboxylic acids is 1. The third-order valence-electron chi connectivity index (χ3n) is 3.87. The van der Waals surface area contributed by atoms with Gasteiger partial charge in [-0.1, -0.05) is 36.4 Å². The monoisotopic (exact) mass is 364 g/mol. The number of hydrogen-bond donors (Lipinski definition) is 1. The number of hydrogen-bond acceptors (Lipinski definition) is 3. The summed E-state index contributed by atoms with van der Waals surface area (Å²) in [5.41, 5.74) is 8.73. The van der Waals surface area contributed by atoms with E-state index in [1.807, 2.05) is 54.5 Å². The van der Waals surface area contributed by atoms with Crippen molar-refractivity contribution in [2.75, 3.05) is 25.9 Å². The normalized spacial score (nSPS) is 10.1. The van der Waals surface area contributed by atoms with Gasteiger partial charge in [-0.15, -0.1) is 24.2 Å². The molecule has 0 aromatic heterocycles. The summed E-state index contributed by atoms with van der Waals surface area (Å²) in [7, 11) is 0. The molecule has 2 aromatic rings. The van der Waals surface area contributed by atoms with E-state index in [0.717, 1.165) is 22.4 Å². The van der Waals surface area contributed by atoms with Gasteiger partial charge in [0.05, 0.1) is 0 Å². The molecule has 130 valence electrons. The summed E-state index contributed by atoms with van der Waals surface area (Å²) >= 11 is 1.65. The van der Waals surface area contributed by atoms with Gasteiger partial charge in [0, 0.05) is 30.1 Å². The largest absolute Gasteiger partial charge is 0.337 e.